The molecule has 1 aromatic carbocycles. The molecule has 6 heteroatoms. The number of unbranched alkanes of at least 4 members (excludes halogenated alkanes) is 9. The predicted octanol–water partition coefficient (Wildman–Crippen LogP) is 4.27. The number of rotatable bonds is 17. The Balaban J connectivity index is 0.00000578. The van der Waals surface area contributed by atoms with Gasteiger partial charge in [-0.25, -0.2) is 4.57 Å². The first-order valence-corrected chi connectivity index (χ1v) is 13.2. The number of pyridine rings is 1. The molecule has 0 bridgehead atoms. The highest BCUT2D eigenvalue weighted by molar-refractivity contribution is 6.32. The van der Waals surface area contributed by atoms with Crippen LogP contribution in [-0.4, -0.2) is 12.5 Å². The van der Waals surface area contributed by atoms with Gasteiger partial charge in [0.15, 0.2) is 12.4 Å². The summed E-state index contributed by atoms with van der Waals surface area (Å²) < 4.78 is 7.98. The van der Waals surface area contributed by atoms with Crippen molar-refractivity contribution in [2.75, 3.05) is 6.61 Å². The highest BCUT2D eigenvalue weighted by Crippen LogP contribution is 2.26. The van der Waals surface area contributed by atoms with Crippen LogP contribution >= 0.6 is 11.6 Å². The Hall–Kier alpha value is -1.34. The molecule has 0 radical (unpaired) electrons. The van der Waals surface area contributed by atoms with Crippen LogP contribution in [-0.2, 0) is 13.1 Å². The van der Waals surface area contributed by atoms with Crippen LogP contribution < -0.4 is 38.6 Å². The van der Waals surface area contributed by atoms with Gasteiger partial charge in [-0.05, 0) is 30.2 Å². The van der Waals surface area contributed by atoms with Gasteiger partial charge in [-0.1, -0.05) is 83.2 Å². The Labute approximate surface area is 228 Å². The Bertz CT molecular complexity index is 815. The van der Waals surface area contributed by atoms with Gasteiger partial charge in [0, 0.05) is 30.7 Å². The van der Waals surface area contributed by atoms with Crippen molar-refractivity contribution < 1.29 is 38.1 Å². The van der Waals surface area contributed by atoms with E-state index in [4.69, 9.17) is 16.3 Å². The van der Waals surface area contributed by atoms with E-state index in [0.717, 1.165) is 24.9 Å². The first-order valence-electron chi connectivity index (χ1n) is 12.8. The number of aryl methyl sites for hydroxylation is 1. The lowest BCUT2D eigenvalue weighted by Crippen LogP contribution is -3.00. The van der Waals surface area contributed by atoms with Crippen LogP contribution in [0.1, 0.15) is 100 Å². The number of ether oxygens (including phenoxy) is 1. The average Bonchev–Trinajstić information content (AvgIpc) is 2.83. The average molecular weight is 601 g/mol. The van der Waals surface area contributed by atoms with Gasteiger partial charge in [0.05, 0.1) is 11.6 Å². The number of carbonyl (C=O) groups excluding carboxylic acids is 1. The van der Waals surface area contributed by atoms with E-state index in [1.807, 2.05) is 24.5 Å². The van der Waals surface area contributed by atoms with E-state index >= 15 is 0 Å². The van der Waals surface area contributed by atoms with Crippen LogP contribution in [0.2, 0.25) is 5.02 Å². The van der Waals surface area contributed by atoms with Crippen molar-refractivity contribution in [3.05, 3.63) is 58.9 Å². The van der Waals surface area contributed by atoms with Gasteiger partial charge in [-0.3, -0.25) is 4.79 Å². The van der Waals surface area contributed by atoms with Gasteiger partial charge in [0.25, 0.3) is 5.91 Å². The van der Waals surface area contributed by atoms with Crippen LogP contribution in [0.15, 0.2) is 42.7 Å². The summed E-state index contributed by atoms with van der Waals surface area (Å²) in [4.78, 5) is 12.5. The molecular formula is C28H42ClIN2O2. The number of halogens is 2. The highest BCUT2D eigenvalue weighted by atomic mass is 127. The molecule has 1 aromatic heterocycles. The van der Waals surface area contributed by atoms with Crippen LogP contribution in [0.25, 0.3) is 0 Å². The zero-order valence-corrected chi connectivity index (χ0v) is 23.9. The second kappa shape index (κ2) is 18.9. The molecule has 4 nitrogen and oxygen atoms in total. The van der Waals surface area contributed by atoms with Crippen LogP contribution in [0.3, 0.4) is 0 Å². The molecule has 0 aliphatic carbocycles. The molecule has 190 valence electrons. The minimum atomic E-state index is -0.136. The SMILES string of the molecule is CCCCCCCCCCCCOc1ccc(C(=O)NCc2cc[n+](CCC)cc2)cc1Cl.[I-]. The van der Waals surface area contributed by atoms with E-state index < -0.39 is 0 Å². The number of nitrogens with one attached hydrogen (secondary N) is 1. The second-order valence-electron chi connectivity index (χ2n) is 8.80. The molecular weight excluding hydrogens is 559 g/mol. The topological polar surface area (TPSA) is 42.2 Å². The van der Waals surface area contributed by atoms with Crippen molar-refractivity contribution in [1.29, 1.82) is 0 Å². The number of nitrogens with zero attached hydrogens (tertiary/aromatic N) is 1. The summed E-state index contributed by atoms with van der Waals surface area (Å²) in [6, 6.07) is 9.32. The first-order chi connectivity index (χ1) is 16.1. The fourth-order valence-electron chi connectivity index (χ4n) is 3.83. The quantitative estimate of drug-likeness (QED) is 0.167. The molecule has 1 heterocycles. The lowest BCUT2D eigenvalue weighted by atomic mass is 10.1. The van der Waals surface area contributed by atoms with Crippen molar-refractivity contribution in [2.45, 2.75) is 97.6 Å². The normalized spacial score (nSPS) is 10.6. The van der Waals surface area contributed by atoms with E-state index in [-0.39, 0.29) is 29.9 Å². The van der Waals surface area contributed by atoms with E-state index in [1.165, 1.54) is 57.8 Å². The second-order valence-corrected chi connectivity index (χ2v) is 9.21. The van der Waals surface area contributed by atoms with Gasteiger partial charge in [-0.2, -0.15) is 0 Å². The summed E-state index contributed by atoms with van der Waals surface area (Å²) in [5, 5.41) is 3.44. The number of benzene rings is 1. The number of amides is 1. The number of carbonyl (C=O) groups is 1. The van der Waals surface area contributed by atoms with E-state index in [1.54, 1.807) is 18.2 Å². The fraction of sp³-hybridized carbons (Fsp3) is 0.571. The molecule has 0 saturated heterocycles. The standard InChI is InChI=1S/C28H41ClN2O2.HI/c1-3-5-6-7-8-9-10-11-12-13-21-33-27-15-14-25(22-26(27)29)28(32)30-23-24-16-19-31(18-4-2)20-17-24;/h14-17,19-20,22H,3-13,18,21,23H2,1-2H3;1H. The molecule has 1 amide bonds. The molecule has 0 atom stereocenters. The Morgan fingerprint density at radius 3 is 2.09 bits per heavy atom. The maximum absolute atomic E-state index is 12.5. The highest BCUT2D eigenvalue weighted by Gasteiger charge is 2.10. The Kier molecular flexibility index (Phi) is 17.1. The van der Waals surface area contributed by atoms with Gasteiger partial charge in [0.1, 0.15) is 12.3 Å². The maximum atomic E-state index is 12.5. The number of hydrogen-bond acceptors (Lipinski definition) is 2. The number of hydrogen-bond donors (Lipinski definition) is 1. The van der Waals surface area contributed by atoms with E-state index in [0.29, 0.717) is 29.5 Å². The van der Waals surface area contributed by atoms with Crippen molar-refractivity contribution >= 4 is 17.5 Å². The predicted molar refractivity (Wildman–Crippen MR) is 137 cm³/mol. The summed E-state index contributed by atoms with van der Waals surface area (Å²) in [6.45, 7) is 6.56. The maximum Gasteiger partial charge on any atom is 0.251 e. The molecule has 0 aliphatic rings. The Morgan fingerprint density at radius 1 is 0.882 bits per heavy atom. The van der Waals surface area contributed by atoms with Gasteiger partial charge < -0.3 is 34.0 Å². The first kappa shape index (κ1) is 30.7. The van der Waals surface area contributed by atoms with Crippen molar-refractivity contribution in [2.24, 2.45) is 0 Å². The molecule has 34 heavy (non-hydrogen) atoms. The van der Waals surface area contributed by atoms with Gasteiger partial charge in [0.2, 0.25) is 0 Å². The summed E-state index contributed by atoms with van der Waals surface area (Å²) in [5.41, 5.74) is 1.61. The van der Waals surface area contributed by atoms with Crippen LogP contribution in [0, 0.1) is 0 Å². The summed E-state index contributed by atoms with van der Waals surface area (Å²) >= 11 is 6.36. The third-order valence-electron chi connectivity index (χ3n) is 5.84. The smallest absolute Gasteiger partial charge is 0.251 e. The minimum Gasteiger partial charge on any atom is -1.00 e. The minimum absolute atomic E-state index is 0. The van der Waals surface area contributed by atoms with E-state index in [9.17, 15) is 4.79 Å². The van der Waals surface area contributed by atoms with Gasteiger partial charge in [-0.15, -0.1) is 0 Å². The summed E-state index contributed by atoms with van der Waals surface area (Å²) in [7, 11) is 0. The van der Waals surface area contributed by atoms with Crippen molar-refractivity contribution in [3.8, 4) is 5.75 Å². The van der Waals surface area contributed by atoms with Crippen LogP contribution in [0.4, 0.5) is 0 Å². The van der Waals surface area contributed by atoms with Crippen molar-refractivity contribution in [3.63, 3.8) is 0 Å². The molecule has 2 rings (SSSR count). The van der Waals surface area contributed by atoms with E-state index in [2.05, 4.69) is 23.7 Å². The Morgan fingerprint density at radius 2 is 1.50 bits per heavy atom. The molecule has 0 fully saturated rings. The summed E-state index contributed by atoms with van der Waals surface area (Å²) in [5.74, 6) is 0.510. The van der Waals surface area contributed by atoms with Gasteiger partial charge >= 0.3 is 0 Å². The zero-order chi connectivity index (χ0) is 23.7. The molecule has 1 N–H and O–H groups in total. The molecule has 0 unspecified atom stereocenters. The van der Waals surface area contributed by atoms with Crippen LogP contribution in [0.5, 0.6) is 5.75 Å². The zero-order valence-electron chi connectivity index (χ0n) is 21.0. The van der Waals surface area contributed by atoms with Crippen molar-refractivity contribution in [1.82, 2.24) is 5.32 Å². The third-order valence-corrected chi connectivity index (χ3v) is 6.14. The lowest BCUT2D eigenvalue weighted by molar-refractivity contribution is -0.697. The molecule has 0 saturated carbocycles. The number of aromatic nitrogens is 1. The molecule has 0 aliphatic heterocycles. The lowest BCUT2D eigenvalue weighted by Gasteiger charge is -2.10. The molecule has 0 spiro atoms. The monoisotopic (exact) mass is 600 g/mol. The summed E-state index contributed by atoms with van der Waals surface area (Å²) in [6.07, 6.45) is 18.2. The fourth-order valence-corrected chi connectivity index (χ4v) is 4.06. The largest absolute Gasteiger partial charge is 1.00 e. The third kappa shape index (κ3) is 12.4. The molecule has 2 aromatic rings.